The fraction of sp³-hybridized carbons (Fsp3) is 0.538. The fourth-order valence-corrected chi connectivity index (χ4v) is 6.54. The number of halogens is 3. The quantitative estimate of drug-likeness (QED) is 0.474. The molecule has 190 valence electrons. The molecule has 0 saturated carbocycles. The Morgan fingerprint density at radius 2 is 1.71 bits per heavy atom. The van der Waals surface area contributed by atoms with Crippen molar-refractivity contribution in [2.24, 2.45) is 11.5 Å². The third kappa shape index (κ3) is 5.58. The molecule has 0 spiro atoms. The van der Waals surface area contributed by atoms with E-state index in [1.165, 1.54) is 29.5 Å². The minimum Gasteiger partial charge on any atom is -0.382 e. The van der Waals surface area contributed by atoms with Crippen LogP contribution in [-0.4, -0.2) is 56.3 Å². The Balaban J connectivity index is 1.39. The van der Waals surface area contributed by atoms with Crippen molar-refractivity contribution in [2.75, 3.05) is 49.5 Å². The number of nitrogens with zero attached hydrogens (tertiary/aromatic N) is 2. The van der Waals surface area contributed by atoms with E-state index in [0.29, 0.717) is 23.5 Å². The molecule has 2 aromatic carbocycles. The highest BCUT2D eigenvalue weighted by atomic mass is 32.2. The topological polar surface area (TPSA) is 70.5 Å². The van der Waals surface area contributed by atoms with Gasteiger partial charge in [-0.05, 0) is 61.1 Å². The summed E-state index contributed by atoms with van der Waals surface area (Å²) in [5, 5.41) is 3.49. The van der Waals surface area contributed by atoms with Gasteiger partial charge in [0.1, 0.15) is 0 Å². The highest BCUT2D eigenvalue weighted by molar-refractivity contribution is 7.99. The number of anilines is 2. The second-order valence-corrected chi connectivity index (χ2v) is 11.0. The van der Waals surface area contributed by atoms with E-state index in [-0.39, 0.29) is 12.1 Å². The number of piperidine rings is 2. The summed E-state index contributed by atoms with van der Waals surface area (Å²) < 4.78 is 41.4. The standard InChI is InChI=1S/C26H34F3N5S/c27-26(28,29)18-14-23(32-20-5-8-33(9-6-20)12-7-30)22-13-17-1-2-21(16-24(17)35-25(22)15-18)34-10-3-19(31)4-11-34/h1-2,14-16,19-20,32H,3-13,30-31H2. The summed E-state index contributed by atoms with van der Waals surface area (Å²) in [4.78, 5) is 6.40. The van der Waals surface area contributed by atoms with Crippen LogP contribution in [0.25, 0.3) is 0 Å². The van der Waals surface area contributed by atoms with Gasteiger partial charge in [-0.15, -0.1) is 0 Å². The van der Waals surface area contributed by atoms with Crippen molar-refractivity contribution in [1.29, 1.82) is 0 Å². The predicted molar refractivity (Wildman–Crippen MR) is 136 cm³/mol. The van der Waals surface area contributed by atoms with E-state index in [2.05, 4.69) is 33.3 Å². The molecule has 5 rings (SSSR count). The van der Waals surface area contributed by atoms with E-state index in [4.69, 9.17) is 11.5 Å². The molecule has 2 fully saturated rings. The van der Waals surface area contributed by atoms with Gasteiger partial charge in [0.2, 0.25) is 0 Å². The number of likely N-dealkylation sites (tertiary alicyclic amines) is 1. The van der Waals surface area contributed by atoms with Crippen molar-refractivity contribution < 1.29 is 13.2 Å². The lowest BCUT2D eigenvalue weighted by molar-refractivity contribution is -0.137. The van der Waals surface area contributed by atoms with Gasteiger partial charge >= 0.3 is 6.18 Å². The van der Waals surface area contributed by atoms with Crippen molar-refractivity contribution in [1.82, 2.24) is 4.90 Å². The average Bonchev–Trinajstić information content (AvgIpc) is 2.84. The van der Waals surface area contributed by atoms with Crippen LogP contribution in [0.2, 0.25) is 0 Å². The zero-order valence-corrected chi connectivity index (χ0v) is 20.7. The van der Waals surface area contributed by atoms with Crippen LogP contribution >= 0.6 is 11.8 Å². The van der Waals surface area contributed by atoms with Gasteiger partial charge in [-0.3, -0.25) is 0 Å². The van der Waals surface area contributed by atoms with Gasteiger partial charge < -0.3 is 26.6 Å². The Bertz CT molecular complexity index is 1040. The molecule has 5 nitrogen and oxygen atoms in total. The summed E-state index contributed by atoms with van der Waals surface area (Å²) in [6, 6.07) is 9.47. The Labute approximate surface area is 209 Å². The minimum atomic E-state index is -4.38. The normalized spacial score (nSPS) is 20.0. The van der Waals surface area contributed by atoms with E-state index in [0.717, 1.165) is 74.6 Å². The molecule has 3 heterocycles. The molecule has 0 unspecified atom stereocenters. The molecule has 9 heteroatoms. The van der Waals surface area contributed by atoms with Crippen molar-refractivity contribution in [3.8, 4) is 0 Å². The van der Waals surface area contributed by atoms with E-state index < -0.39 is 11.7 Å². The molecule has 0 radical (unpaired) electrons. The van der Waals surface area contributed by atoms with Crippen molar-refractivity contribution in [2.45, 2.75) is 60.2 Å². The first kappa shape index (κ1) is 24.7. The Morgan fingerprint density at radius 3 is 2.40 bits per heavy atom. The van der Waals surface area contributed by atoms with Gasteiger partial charge in [-0.2, -0.15) is 13.2 Å². The molecule has 3 aliphatic rings. The number of rotatable bonds is 5. The van der Waals surface area contributed by atoms with Crippen LogP contribution in [0.3, 0.4) is 0 Å². The second kappa shape index (κ2) is 10.2. The highest BCUT2D eigenvalue weighted by Crippen LogP contribution is 2.46. The molecule has 0 aliphatic carbocycles. The second-order valence-electron chi connectivity index (χ2n) is 9.94. The predicted octanol–water partition coefficient (Wildman–Crippen LogP) is 4.52. The van der Waals surface area contributed by atoms with Crippen LogP contribution in [0.5, 0.6) is 0 Å². The number of hydrogen-bond donors (Lipinski definition) is 3. The molecule has 2 saturated heterocycles. The summed E-state index contributed by atoms with van der Waals surface area (Å²) in [5.74, 6) is 0. The van der Waals surface area contributed by atoms with Crippen LogP contribution in [-0.2, 0) is 12.6 Å². The Hall–Kier alpha value is -1.94. The molecule has 35 heavy (non-hydrogen) atoms. The summed E-state index contributed by atoms with van der Waals surface area (Å²) in [6.07, 6.45) is -0.0277. The number of benzene rings is 2. The lowest BCUT2D eigenvalue weighted by atomic mass is 9.97. The van der Waals surface area contributed by atoms with Crippen LogP contribution in [0.15, 0.2) is 40.1 Å². The smallest absolute Gasteiger partial charge is 0.382 e. The van der Waals surface area contributed by atoms with Crippen LogP contribution in [0, 0.1) is 0 Å². The Kier molecular flexibility index (Phi) is 7.21. The van der Waals surface area contributed by atoms with Crippen LogP contribution in [0.1, 0.15) is 42.4 Å². The van der Waals surface area contributed by atoms with Crippen molar-refractivity contribution in [3.63, 3.8) is 0 Å². The number of alkyl halides is 3. The van der Waals surface area contributed by atoms with Gasteiger partial charge in [0, 0.05) is 78.9 Å². The lowest BCUT2D eigenvalue weighted by Gasteiger charge is -2.34. The van der Waals surface area contributed by atoms with Gasteiger partial charge in [-0.1, -0.05) is 17.8 Å². The first-order chi connectivity index (χ1) is 16.8. The average molecular weight is 506 g/mol. The number of nitrogens with two attached hydrogens (primary N) is 2. The molecule has 0 atom stereocenters. The third-order valence-electron chi connectivity index (χ3n) is 7.47. The van der Waals surface area contributed by atoms with Crippen molar-refractivity contribution in [3.05, 3.63) is 47.0 Å². The number of nitrogens with one attached hydrogen (secondary N) is 1. The molecule has 0 aromatic heterocycles. The monoisotopic (exact) mass is 505 g/mol. The summed E-state index contributed by atoms with van der Waals surface area (Å²) in [5.41, 5.74) is 15.0. The largest absolute Gasteiger partial charge is 0.416 e. The molecular formula is C26H34F3N5S. The summed E-state index contributed by atoms with van der Waals surface area (Å²) >= 11 is 1.46. The fourth-order valence-electron chi connectivity index (χ4n) is 5.36. The Morgan fingerprint density at radius 1 is 0.971 bits per heavy atom. The zero-order chi connectivity index (χ0) is 24.6. The highest BCUT2D eigenvalue weighted by Gasteiger charge is 2.34. The number of hydrogen-bond acceptors (Lipinski definition) is 6. The molecule has 0 bridgehead atoms. The maximum absolute atomic E-state index is 13.8. The molecular weight excluding hydrogens is 471 g/mol. The third-order valence-corrected chi connectivity index (χ3v) is 8.66. The first-order valence-corrected chi connectivity index (χ1v) is 13.4. The van der Waals surface area contributed by atoms with E-state index in [1.807, 2.05) is 0 Å². The van der Waals surface area contributed by atoms with Gasteiger partial charge in [0.05, 0.1) is 5.56 Å². The molecule has 0 amide bonds. The summed E-state index contributed by atoms with van der Waals surface area (Å²) in [6.45, 7) is 5.15. The van der Waals surface area contributed by atoms with E-state index in [9.17, 15) is 13.2 Å². The van der Waals surface area contributed by atoms with Gasteiger partial charge in [0.25, 0.3) is 0 Å². The maximum atomic E-state index is 13.8. The van der Waals surface area contributed by atoms with Crippen LogP contribution in [0.4, 0.5) is 24.5 Å². The van der Waals surface area contributed by atoms with E-state index in [1.54, 1.807) is 0 Å². The van der Waals surface area contributed by atoms with Crippen molar-refractivity contribution >= 4 is 23.1 Å². The van der Waals surface area contributed by atoms with E-state index >= 15 is 0 Å². The molecule has 2 aromatic rings. The van der Waals surface area contributed by atoms with Gasteiger partial charge in [-0.25, -0.2) is 0 Å². The zero-order valence-electron chi connectivity index (χ0n) is 19.9. The first-order valence-electron chi connectivity index (χ1n) is 12.5. The minimum absolute atomic E-state index is 0.163. The maximum Gasteiger partial charge on any atom is 0.416 e. The SMILES string of the molecule is NCCN1CCC(Nc2cc(C(F)(F)F)cc3c2Cc2ccc(N4CCC(N)CC4)cc2S3)CC1. The summed E-state index contributed by atoms with van der Waals surface area (Å²) in [7, 11) is 0. The lowest BCUT2D eigenvalue weighted by Crippen LogP contribution is -2.41. The van der Waals surface area contributed by atoms with Gasteiger partial charge in [0.15, 0.2) is 0 Å². The molecule has 3 aliphatic heterocycles. The van der Waals surface area contributed by atoms with Crippen LogP contribution < -0.4 is 21.7 Å². The molecule has 5 N–H and O–H groups in total. The number of fused-ring (bicyclic) bond motifs is 2.